The predicted octanol–water partition coefficient (Wildman–Crippen LogP) is 8.42. The number of quaternary nitrogens is 1. The van der Waals surface area contributed by atoms with Gasteiger partial charge in [0.25, 0.3) is 15.9 Å². The second-order valence-corrected chi connectivity index (χ2v) is 32.8. The van der Waals surface area contributed by atoms with Gasteiger partial charge in [-0.2, -0.15) is 4.36 Å². The third kappa shape index (κ3) is 30.2. The number of likely N-dealkylation sites (tertiary alicyclic amines) is 1. The molecule has 3 heterocycles. The average molecular weight is 1660 g/mol. The van der Waals surface area contributed by atoms with Gasteiger partial charge in [-0.05, 0) is 128 Å². The maximum atomic E-state index is 15.3. The molecule has 1 fully saturated rings. The van der Waals surface area contributed by atoms with Gasteiger partial charge in [-0.1, -0.05) is 39.0 Å². The number of carboxylic acids is 1. The number of amides is 10. The van der Waals surface area contributed by atoms with E-state index in [1.165, 1.54) is 96.1 Å². The monoisotopic (exact) mass is 1650 g/mol. The first-order valence-electron chi connectivity index (χ1n) is 37.8. The molecule has 34 nitrogen and oxygen atoms in total. The molecule has 10 amide bonds. The minimum Gasteiger partial charge on any atom is -0.494 e. The van der Waals surface area contributed by atoms with Crippen molar-refractivity contribution >= 4 is 108 Å². The second-order valence-electron chi connectivity index (χ2n) is 28.7. The molecule has 5 atom stereocenters. The normalized spacial score (nSPS) is 14.7. The third-order valence-electron chi connectivity index (χ3n) is 17.6. The van der Waals surface area contributed by atoms with Crippen molar-refractivity contribution in [1.82, 2.24) is 41.5 Å². The van der Waals surface area contributed by atoms with E-state index in [4.69, 9.17) is 28.4 Å². The summed E-state index contributed by atoms with van der Waals surface area (Å²) >= 11 is 0. The largest absolute Gasteiger partial charge is 0.494 e. The molecule has 1 saturated heterocycles. The maximum Gasteiger partial charge on any atom is 0.319 e. The van der Waals surface area contributed by atoms with Gasteiger partial charge in [-0.15, -0.1) is 0 Å². The van der Waals surface area contributed by atoms with Gasteiger partial charge in [-0.3, -0.25) is 33.5 Å². The van der Waals surface area contributed by atoms with Crippen molar-refractivity contribution < 1.29 is 103 Å². The molecule has 4 bridgehead atoms. The summed E-state index contributed by atoms with van der Waals surface area (Å²) in [6.07, 6.45) is 3.68. The highest BCUT2D eigenvalue weighted by atomic mass is 32.2. The standard InChI is InChI=1S/C78H101F2N15O19S2/c1-8-27-81-76(103)87-56-16-12-18-60(45-56)116(107,108)92-57-17-11-15-52(42-57)63(46-68(97)98)89-78(105)86-55-23-21-54(22-24-55)85-77(104)82-28-35-110-37-39-111-38-36-109-34-26-67(96)88-64(47-69(99)114-33-14-30-95(4,5)6)74(102)94-29-13-19-65(94)72(100)90-70(50(2)3)73(101)93-115(7,106)49-51-40-58-44-59(41-51)112-31-9-10-32-113-66-43-53(79)20-25-61(66)71-62(80)48-83-75(84-58)91-71/h11-12,15-18,20-25,40-45,48,50,63-65,70,92H,8-10,13-14,19,26-39,46-47,49H2,1-7H3,(H9-,81,82,83,84,85,86,87,88,89,90,91,96,97,98,100,103,104,105)/p+1/t63-,64+,65+,70+,115+/m1/s1. The van der Waals surface area contributed by atoms with Crippen molar-refractivity contribution in [3.8, 4) is 22.8 Å². The van der Waals surface area contributed by atoms with Gasteiger partial charge < -0.3 is 90.8 Å². The quantitative estimate of drug-likeness (QED) is 0.00983. The van der Waals surface area contributed by atoms with Crippen LogP contribution in [0.5, 0.6) is 11.5 Å². The Morgan fingerprint density at radius 1 is 0.716 bits per heavy atom. The molecule has 0 radical (unpaired) electrons. The summed E-state index contributed by atoms with van der Waals surface area (Å²) in [5, 5.41) is 33.9. The number of hydrogen-bond donors (Lipinski definition) is 11. The number of esters is 1. The molecule has 11 N–H and O–H groups in total. The van der Waals surface area contributed by atoms with Crippen LogP contribution in [0.2, 0.25) is 0 Å². The van der Waals surface area contributed by atoms with Gasteiger partial charge >= 0.3 is 30.0 Å². The number of urea groups is 3. The van der Waals surface area contributed by atoms with Gasteiger partial charge in [0, 0.05) is 84.9 Å². The molecule has 0 spiro atoms. The van der Waals surface area contributed by atoms with Gasteiger partial charge in [0.05, 0.1) is 133 Å². The highest BCUT2D eigenvalue weighted by Gasteiger charge is 2.40. The van der Waals surface area contributed by atoms with Crippen LogP contribution in [0.4, 0.5) is 57.5 Å². The number of hydrogen-bond acceptors (Lipinski definition) is 21. The molecule has 5 aromatic carbocycles. The summed E-state index contributed by atoms with van der Waals surface area (Å²) in [7, 11) is -1.66. The molecular weight excluding hydrogens is 1550 g/mol. The summed E-state index contributed by atoms with van der Waals surface area (Å²) in [4.78, 5) is 129. The number of carboxylic acid groups (broad SMARTS) is 1. The van der Waals surface area contributed by atoms with E-state index >= 15 is 4.39 Å². The number of aliphatic carboxylic acids is 1. The second kappa shape index (κ2) is 44.1. The molecular formula is C78H102F2N15O19S2+. The molecule has 38 heteroatoms. The lowest BCUT2D eigenvalue weighted by atomic mass is 10.0. The van der Waals surface area contributed by atoms with E-state index in [1.807, 2.05) is 28.1 Å². The first-order valence-corrected chi connectivity index (χ1v) is 41.4. The molecule has 1 aromatic heterocycles. The number of nitrogens with zero attached hydrogens (tertiary/aromatic N) is 5. The Bertz CT molecular complexity index is 4670. The summed E-state index contributed by atoms with van der Waals surface area (Å²) < 4.78 is 112. The molecule has 0 aliphatic carbocycles. The van der Waals surface area contributed by atoms with Crippen molar-refractivity contribution in [2.45, 2.75) is 113 Å². The van der Waals surface area contributed by atoms with Gasteiger partial charge in [-0.25, -0.2) is 45.8 Å². The van der Waals surface area contributed by atoms with Crippen LogP contribution >= 0.6 is 0 Å². The lowest BCUT2D eigenvalue weighted by molar-refractivity contribution is -0.870. The highest BCUT2D eigenvalue weighted by molar-refractivity contribution is 7.93. The first kappa shape index (κ1) is 90.3. The fraction of sp³-hybridized carbons (Fsp3) is 0.449. The lowest BCUT2D eigenvalue weighted by Gasteiger charge is -2.30. The maximum absolute atomic E-state index is 15.3. The number of carbonyl (C=O) groups excluding carboxylic acids is 8. The van der Waals surface area contributed by atoms with E-state index in [1.54, 1.807) is 32.0 Å². The molecule has 628 valence electrons. The zero-order valence-corrected chi connectivity index (χ0v) is 67.4. The van der Waals surface area contributed by atoms with Crippen molar-refractivity contribution in [1.29, 1.82) is 0 Å². The van der Waals surface area contributed by atoms with Gasteiger partial charge in [0.1, 0.15) is 41.1 Å². The Balaban J connectivity index is 0.750. The number of nitrogens with one attached hydrogen (secondary N) is 10. The summed E-state index contributed by atoms with van der Waals surface area (Å²) in [6.45, 7) is 7.51. The average Bonchev–Trinajstić information content (AvgIpc) is 1.58. The Morgan fingerprint density at radius 3 is 2.08 bits per heavy atom. The van der Waals surface area contributed by atoms with Crippen LogP contribution in [0.3, 0.4) is 0 Å². The van der Waals surface area contributed by atoms with E-state index in [-0.39, 0.29) is 136 Å². The Hall–Kier alpha value is -11.2. The number of ether oxygens (including phenoxy) is 6. The summed E-state index contributed by atoms with van der Waals surface area (Å²) in [5.41, 5.74) is 2.10. The van der Waals surface area contributed by atoms with Crippen LogP contribution < -0.4 is 62.0 Å². The van der Waals surface area contributed by atoms with E-state index in [9.17, 15) is 65.3 Å². The summed E-state index contributed by atoms with van der Waals surface area (Å²) in [6, 6.07) is 19.3. The smallest absolute Gasteiger partial charge is 0.319 e. The molecule has 2 aliphatic rings. The number of benzene rings is 5. The van der Waals surface area contributed by atoms with Crippen LogP contribution in [0, 0.1) is 17.6 Å². The van der Waals surface area contributed by atoms with Crippen LogP contribution in [0.25, 0.3) is 11.3 Å². The van der Waals surface area contributed by atoms with Crippen LogP contribution in [0.15, 0.2) is 125 Å². The third-order valence-corrected chi connectivity index (χ3v) is 20.4. The Morgan fingerprint density at radius 2 is 1.38 bits per heavy atom. The molecule has 6 aromatic rings. The minimum absolute atomic E-state index is 0.0384. The number of carbonyl (C=O) groups is 9. The van der Waals surface area contributed by atoms with E-state index in [2.05, 4.69) is 66.9 Å². The molecule has 0 unspecified atom stereocenters. The Labute approximate surface area is 672 Å². The fourth-order valence-electron chi connectivity index (χ4n) is 12.0. The topological polar surface area (TPSA) is 442 Å². The lowest BCUT2D eigenvalue weighted by Crippen LogP contribution is -2.56. The number of rotatable bonds is 38. The van der Waals surface area contributed by atoms with Crippen molar-refractivity contribution in [3.63, 3.8) is 0 Å². The SMILES string of the molecule is CCCNC(=O)Nc1cccc(S(=O)(=O)Nc2cccc([C@@H](CC(=O)O)NC(=O)Nc3ccc(NC(=O)NCCOCCOCCOCCC(=O)N[C@@H](CC(=O)OCCC[N+](C)(C)C)C(=O)N4CCC[C@H]4C(=O)N[C@H](C(=O)N=[S@@](C)(=O)Cc4cc5cc(c4)OCCCCOc4cc(F)ccc4-c4nc(ncc4F)N5)C(C)C)cc3)c2)c1. The predicted molar refractivity (Wildman–Crippen MR) is 428 cm³/mol. The number of fused-ring (bicyclic) bond motifs is 6. The van der Waals surface area contributed by atoms with E-state index in [0.29, 0.717) is 78.1 Å². The highest BCUT2D eigenvalue weighted by Crippen LogP contribution is 2.34. The number of halogens is 2. The molecule has 0 saturated carbocycles. The zero-order valence-electron chi connectivity index (χ0n) is 65.7. The van der Waals surface area contributed by atoms with Crippen molar-refractivity contribution in [2.24, 2.45) is 10.3 Å². The fourth-order valence-corrected chi connectivity index (χ4v) is 14.4. The molecule has 116 heavy (non-hydrogen) atoms. The molecule has 8 rings (SSSR count). The zero-order chi connectivity index (χ0) is 84.0. The first-order chi connectivity index (χ1) is 55.3. The van der Waals surface area contributed by atoms with Crippen LogP contribution in [0.1, 0.15) is 95.7 Å². The van der Waals surface area contributed by atoms with E-state index in [0.717, 1.165) is 12.3 Å². The summed E-state index contributed by atoms with van der Waals surface area (Å²) in [5.74, 6) is -6.77. The van der Waals surface area contributed by atoms with Crippen LogP contribution in [-0.2, 0) is 73.2 Å². The van der Waals surface area contributed by atoms with Crippen LogP contribution in [-0.4, -0.2) is 222 Å². The van der Waals surface area contributed by atoms with Crippen molar-refractivity contribution in [2.75, 3.05) is 139 Å². The van der Waals surface area contributed by atoms with Gasteiger partial charge in [0.15, 0.2) is 5.82 Å². The van der Waals surface area contributed by atoms with Gasteiger partial charge in [0.2, 0.25) is 23.7 Å². The number of sulfonamides is 1. The van der Waals surface area contributed by atoms with E-state index < -0.39 is 128 Å². The molecule has 2 aliphatic heterocycles. The minimum atomic E-state index is -4.19. The number of anilines is 6. The van der Waals surface area contributed by atoms with Crippen molar-refractivity contribution in [3.05, 3.63) is 138 Å². The Kier molecular flexibility index (Phi) is 34.3. The number of aromatic nitrogens is 2.